The summed E-state index contributed by atoms with van der Waals surface area (Å²) in [6.07, 6.45) is 0. The molecule has 0 saturated carbocycles. The molecule has 266 valence electrons. The van der Waals surface area contributed by atoms with E-state index in [1.54, 1.807) is 0 Å². The van der Waals surface area contributed by atoms with Gasteiger partial charge in [0.05, 0.1) is 0 Å². The van der Waals surface area contributed by atoms with Gasteiger partial charge < -0.3 is 0 Å². The van der Waals surface area contributed by atoms with Crippen molar-refractivity contribution in [3.8, 4) is 56.4 Å². The molecule has 12 aromatic rings. The minimum atomic E-state index is 0.664. The van der Waals surface area contributed by atoms with E-state index in [2.05, 4.69) is 140 Å². The predicted molar refractivity (Wildman–Crippen MR) is 246 cm³/mol. The van der Waals surface area contributed by atoms with Crippen molar-refractivity contribution in [2.75, 3.05) is 0 Å². The monoisotopic (exact) mass is 779 g/mol. The van der Waals surface area contributed by atoms with Gasteiger partial charge in [-0.25, -0.2) is 15.0 Å². The lowest BCUT2D eigenvalue weighted by atomic mass is 9.97. The molecule has 12 rings (SSSR count). The normalized spacial score (nSPS) is 11.9. The van der Waals surface area contributed by atoms with E-state index in [9.17, 15) is 0 Å². The zero-order valence-corrected chi connectivity index (χ0v) is 32.8. The molecule has 8 aromatic carbocycles. The van der Waals surface area contributed by atoms with Gasteiger partial charge in [-0.15, -0.1) is 34.0 Å². The van der Waals surface area contributed by atoms with E-state index >= 15 is 0 Å². The van der Waals surface area contributed by atoms with E-state index in [0.29, 0.717) is 17.5 Å². The smallest absolute Gasteiger partial charge is 0.165 e. The van der Waals surface area contributed by atoms with Gasteiger partial charge in [0.25, 0.3) is 0 Å². The van der Waals surface area contributed by atoms with Gasteiger partial charge in [0.2, 0.25) is 0 Å². The van der Waals surface area contributed by atoms with Gasteiger partial charge in [0, 0.05) is 93.9 Å². The summed E-state index contributed by atoms with van der Waals surface area (Å²) in [5, 5.41) is 7.72. The molecule has 0 amide bonds. The van der Waals surface area contributed by atoms with Crippen molar-refractivity contribution in [3.05, 3.63) is 176 Å². The lowest BCUT2D eigenvalue weighted by molar-refractivity contribution is 1.08. The number of thiophene rings is 3. The lowest BCUT2D eigenvalue weighted by Gasteiger charge is -2.09. The third-order valence-electron chi connectivity index (χ3n) is 11.0. The minimum Gasteiger partial charge on any atom is -0.208 e. The Bertz CT molecular complexity index is 3470. The maximum atomic E-state index is 5.12. The number of fused-ring (bicyclic) bond motifs is 9. The highest BCUT2D eigenvalue weighted by atomic mass is 32.1. The van der Waals surface area contributed by atoms with Crippen LogP contribution in [0.3, 0.4) is 0 Å². The van der Waals surface area contributed by atoms with Gasteiger partial charge in [0.15, 0.2) is 17.5 Å². The Balaban J connectivity index is 1.06. The fraction of sp³-hybridized carbons (Fsp3) is 0. The molecule has 4 heterocycles. The molecule has 0 saturated heterocycles. The standard InChI is InChI=1S/C51H29N3S3/c1-3-14-30(15-4-1)49-52-50(31-16-5-2-6-17-31)54-51(53-49)41-27-12-26-39-38-25-11-24-37(47(38)57-48(39)41)36-23-10-22-35-34-21-9-20-33(45(34)56-46(35)36)32-19-13-29-43-44(32)40-18-7-8-28-42(40)55-43/h1-29H. The third-order valence-corrected chi connectivity index (χ3v) is 14.7. The average Bonchev–Trinajstić information content (AvgIpc) is 3.98. The highest BCUT2D eigenvalue weighted by Gasteiger charge is 2.21. The second-order valence-corrected chi connectivity index (χ2v) is 17.4. The molecular weight excluding hydrogens is 751 g/mol. The van der Waals surface area contributed by atoms with Crippen LogP contribution in [0, 0.1) is 0 Å². The topological polar surface area (TPSA) is 38.7 Å². The molecule has 0 aliphatic rings. The Hall–Kier alpha value is -6.57. The fourth-order valence-corrected chi connectivity index (χ4v) is 12.2. The van der Waals surface area contributed by atoms with Crippen molar-refractivity contribution in [1.29, 1.82) is 0 Å². The summed E-state index contributed by atoms with van der Waals surface area (Å²) in [5.41, 5.74) is 8.03. The number of rotatable bonds is 5. The molecule has 6 heteroatoms. The van der Waals surface area contributed by atoms with Crippen LogP contribution in [0.25, 0.3) is 117 Å². The van der Waals surface area contributed by atoms with E-state index < -0.39 is 0 Å². The summed E-state index contributed by atoms with van der Waals surface area (Å²) >= 11 is 5.62. The summed E-state index contributed by atoms with van der Waals surface area (Å²) in [5.74, 6) is 2.00. The maximum Gasteiger partial charge on any atom is 0.165 e. The molecule has 0 fully saturated rings. The van der Waals surface area contributed by atoms with Crippen LogP contribution in [0.4, 0.5) is 0 Å². The summed E-state index contributed by atoms with van der Waals surface area (Å²) in [6, 6.07) is 62.9. The summed E-state index contributed by atoms with van der Waals surface area (Å²) < 4.78 is 7.73. The molecule has 0 spiro atoms. The third kappa shape index (κ3) is 5.19. The molecule has 0 unspecified atom stereocenters. The van der Waals surface area contributed by atoms with Gasteiger partial charge in [0.1, 0.15) is 0 Å². The highest BCUT2D eigenvalue weighted by molar-refractivity contribution is 7.28. The number of benzene rings is 8. The molecule has 0 bridgehead atoms. The van der Waals surface area contributed by atoms with Gasteiger partial charge in [-0.1, -0.05) is 158 Å². The van der Waals surface area contributed by atoms with Crippen LogP contribution in [0.1, 0.15) is 0 Å². The van der Waals surface area contributed by atoms with Crippen LogP contribution in [-0.4, -0.2) is 15.0 Å². The molecule has 3 nitrogen and oxygen atoms in total. The molecule has 57 heavy (non-hydrogen) atoms. The summed E-state index contributed by atoms with van der Waals surface area (Å²) in [4.78, 5) is 15.2. The maximum absolute atomic E-state index is 5.12. The van der Waals surface area contributed by atoms with Gasteiger partial charge in [-0.05, 0) is 23.8 Å². The van der Waals surface area contributed by atoms with Crippen molar-refractivity contribution in [3.63, 3.8) is 0 Å². The number of hydrogen-bond acceptors (Lipinski definition) is 6. The average molecular weight is 780 g/mol. The first-order chi connectivity index (χ1) is 28.3. The van der Waals surface area contributed by atoms with Crippen LogP contribution < -0.4 is 0 Å². The second-order valence-electron chi connectivity index (χ2n) is 14.2. The molecule has 0 radical (unpaired) electrons. The Morgan fingerprint density at radius 2 is 0.649 bits per heavy atom. The Labute approximate surface area is 339 Å². The first kappa shape index (κ1) is 32.7. The predicted octanol–water partition coefficient (Wildman–Crippen LogP) is 15.3. The highest BCUT2D eigenvalue weighted by Crippen LogP contribution is 2.49. The fourth-order valence-electron chi connectivity index (χ4n) is 8.38. The number of aromatic nitrogens is 3. The number of hydrogen-bond donors (Lipinski definition) is 0. The van der Waals surface area contributed by atoms with E-state index in [-0.39, 0.29) is 0 Å². The zero-order valence-electron chi connectivity index (χ0n) is 30.3. The van der Waals surface area contributed by atoms with E-state index in [0.717, 1.165) is 16.7 Å². The van der Waals surface area contributed by atoms with Gasteiger partial charge in [-0.2, -0.15) is 0 Å². The molecule has 0 atom stereocenters. The second kappa shape index (κ2) is 13.0. The first-order valence-electron chi connectivity index (χ1n) is 18.9. The molecule has 0 aliphatic carbocycles. The molecular formula is C51H29N3S3. The summed E-state index contributed by atoms with van der Waals surface area (Å²) in [6.45, 7) is 0. The van der Waals surface area contributed by atoms with Crippen molar-refractivity contribution in [2.45, 2.75) is 0 Å². The van der Waals surface area contributed by atoms with Gasteiger partial charge >= 0.3 is 0 Å². The Morgan fingerprint density at radius 1 is 0.263 bits per heavy atom. The van der Waals surface area contributed by atoms with Crippen LogP contribution in [0.2, 0.25) is 0 Å². The first-order valence-corrected chi connectivity index (χ1v) is 21.4. The van der Waals surface area contributed by atoms with Crippen molar-refractivity contribution in [2.24, 2.45) is 0 Å². The van der Waals surface area contributed by atoms with Crippen molar-refractivity contribution in [1.82, 2.24) is 15.0 Å². The van der Waals surface area contributed by atoms with Crippen molar-refractivity contribution < 1.29 is 0 Å². The lowest BCUT2D eigenvalue weighted by Crippen LogP contribution is -2.00. The van der Waals surface area contributed by atoms with Crippen LogP contribution in [-0.2, 0) is 0 Å². The molecule has 0 N–H and O–H groups in total. The summed E-state index contributed by atoms with van der Waals surface area (Å²) in [7, 11) is 0. The minimum absolute atomic E-state index is 0.664. The number of nitrogens with zero attached hydrogens (tertiary/aromatic N) is 3. The van der Waals surface area contributed by atoms with E-state index in [1.807, 2.05) is 70.4 Å². The van der Waals surface area contributed by atoms with Crippen LogP contribution in [0.5, 0.6) is 0 Å². The molecule has 4 aromatic heterocycles. The van der Waals surface area contributed by atoms with E-state index in [4.69, 9.17) is 15.0 Å². The Kier molecular flexibility index (Phi) is 7.45. The Morgan fingerprint density at radius 3 is 1.21 bits per heavy atom. The van der Waals surface area contributed by atoms with E-state index in [1.165, 1.54) is 82.8 Å². The van der Waals surface area contributed by atoms with Crippen LogP contribution in [0.15, 0.2) is 176 Å². The van der Waals surface area contributed by atoms with Gasteiger partial charge in [-0.3, -0.25) is 0 Å². The SMILES string of the molecule is c1ccc(-c2nc(-c3ccccc3)nc(-c3cccc4c3sc3c(-c5cccc6c5sc5c(-c7cccc8sc9ccccc9c78)cccc56)cccc34)n2)cc1. The van der Waals surface area contributed by atoms with Crippen molar-refractivity contribution >= 4 is 94.5 Å². The molecule has 0 aliphatic heterocycles. The van der Waals surface area contributed by atoms with Crippen LogP contribution >= 0.6 is 34.0 Å². The largest absolute Gasteiger partial charge is 0.208 e. The quantitative estimate of drug-likeness (QED) is 0.175. The zero-order chi connectivity index (χ0) is 37.5.